The van der Waals surface area contributed by atoms with Gasteiger partial charge in [0.05, 0.1) is 14.1 Å². The van der Waals surface area contributed by atoms with Crippen LogP contribution in [0, 0.1) is 55.4 Å². The minimum Gasteiger partial charge on any atom is -0.872 e. The number of likely N-dealkylation sites (N-methyl/N-ethyl adjacent to an activating group) is 6. The van der Waals surface area contributed by atoms with Crippen LogP contribution in [0.3, 0.4) is 0 Å². The number of quaternary nitrogens is 2. The third kappa shape index (κ3) is 20.5. The molecule has 5 aliphatic rings. The lowest BCUT2D eigenvalue weighted by atomic mass is 9.76. The van der Waals surface area contributed by atoms with Gasteiger partial charge < -0.3 is 121 Å². The van der Waals surface area contributed by atoms with Gasteiger partial charge >= 0.3 is 0 Å². The number of benzene rings is 8. The van der Waals surface area contributed by atoms with E-state index in [1.807, 2.05) is 55.4 Å². The highest BCUT2D eigenvalue weighted by Crippen LogP contribution is 2.58. The predicted molar refractivity (Wildman–Crippen MR) is 488 cm³/mol. The van der Waals surface area contributed by atoms with E-state index in [9.17, 15) is 81.7 Å². The molecule has 0 saturated carbocycles. The van der Waals surface area contributed by atoms with Crippen LogP contribution in [0.25, 0.3) is 0 Å². The summed E-state index contributed by atoms with van der Waals surface area (Å²) in [6.07, 6.45) is 3.41. The van der Waals surface area contributed by atoms with E-state index in [1.165, 1.54) is 78.5 Å². The van der Waals surface area contributed by atoms with Crippen LogP contribution in [0.15, 0.2) is 48.5 Å². The standard InChI is InChI=1S/2C40H48O8.3C6H14N2.2CH4O/c2*1-9-21-25-13-27(35(43)17(5)33(25)41)22(10-2)29-15-31(39(47)19(7)37(29)45)24(12-4)32-16-30(38(46)20(8)40(32)48)23(11-3)28-14-26(21)34(42)18(6)36(28)44;3*1-7-3-5-8(2)6-4-7;2*1-2/h2*13-16,21-24,41-48H,9-12H2,1-8H3;3*3-6H2,1-2H3;2*2H,1H3/t2*21-,22+,23-,24+;;;;;. The first-order valence-electron chi connectivity index (χ1n) is 44.3. The number of phenols is 14. The predicted octanol–water partition coefficient (Wildman–Crippen LogP) is 12.8. The van der Waals surface area contributed by atoms with Gasteiger partial charge in [0.2, 0.25) is 0 Å². The number of aliphatic hydroxyl groups excluding tert-OH is 2. The Bertz CT molecular complexity index is 3870. The Hall–Kier alpha value is -9.76. The Labute approximate surface area is 736 Å². The van der Waals surface area contributed by atoms with E-state index in [0.29, 0.717) is 140 Å². The largest absolute Gasteiger partial charge is 0.872 e. The van der Waals surface area contributed by atoms with Gasteiger partial charge in [-0.2, -0.15) is 0 Å². The van der Waals surface area contributed by atoms with E-state index in [0.717, 1.165) is 14.2 Å². The van der Waals surface area contributed by atoms with Crippen LogP contribution in [0.4, 0.5) is 0 Å². The van der Waals surface area contributed by atoms with Crippen LogP contribution < -0.4 is 20.0 Å². The number of phenolic OH excluding ortho intramolecular Hbond substituents is 14. The molecule has 8 atom stereocenters. The fourth-order valence-electron chi connectivity index (χ4n) is 18.8. The monoisotopic (exact) mass is 1720 g/mol. The first-order chi connectivity index (χ1) is 58.7. The van der Waals surface area contributed by atoms with Crippen molar-refractivity contribution in [2.24, 2.45) is 0 Å². The SMILES string of the molecule is CC[C@@H]1c2cc(c(O)c(C)c2O)[C@H](CC)c2cc(c(O)c(C)c2O)[C@H](CC)c2cc(c(O)c(C)c2[O-])[C@H](CC)c2cc1c(O)c(C)c2O.CC[C@@H]1c2cc(c(O)c(C)c2O)[C@H](CC)c2cc(c(O)c(C)c2O)[C@H](CC)c2cc(c([O-])c(C)c2O)[C@H](CC)c2cc1c(O)c(C)c2O.CN1CCN(C)CC1.CN1CCN(C)CC1.CO.CO.C[NH+]1CC[NH+](C)CC1. The fourth-order valence-corrected chi connectivity index (χ4v) is 18.8. The highest BCUT2D eigenvalue weighted by molar-refractivity contribution is 5.70. The van der Waals surface area contributed by atoms with E-state index in [-0.39, 0.29) is 136 Å². The summed E-state index contributed by atoms with van der Waals surface area (Å²) in [6.45, 7) is 43.3. The molecule has 0 radical (unpaired) electrons. The third-order valence-electron chi connectivity index (χ3n) is 27.2. The number of nitrogens with one attached hydrogen (secondary N) is 2. The van der Waals surface area contributed by atoms with E-state index in [1.54, 1.807) is 114 Å². The quantitative estimate of drug-likeness (QED) is 0.0672. The van der Waals surface area contributed by atoms with E-state index >= 15 is 0 Å². The number of hydrogen-bond donors (Lipinski definition) is 18. The Balaban J connectivity index is 0.000000259. The summed E-state index contributed by atoms with van der Waals surface area (Å²) in [6, 6.07) is 13.6. The van der Waals surface area contributed by atoms with Gasteiger partial charge in [-0.05, 0) is 194 Å². The number of aromatic hydroxyl groups is 14. The molecule has 2 aliphatic carbocycles. The van der Waals surface area contributed by atoms with Crippen molar-refractivity contribution in [2.45, 2.75) is 209 Å². The molecule has 3 heterocycles. The van der Waals surface area contributed by atoms with Gasteiger partial charge in [0.25, 0.3) is 0 Å². The fraction of sp³-hybridized carbons (Fsp3) is 0.520. The van der Waals surface area contributed by atoms with Crippen LogP contribution in [0.2, 0.25) is 0 Å². The smallest absolute Gasteiger partial charge is 0.127 e. The third-order valence-corrected chi connectivity index (χ3v) is 27.2. The number of nitrogens with zero attached hydrogens (tertiary/aromatic N) is 4. The van der Waals surface area contributed by atoms with Crippen LogP contribution in [0.5, 0.6) is 92.0 Å². The van der Waals surface area contributed by atoms with Crippen LogP contribution in [0.1, 0.15) is 288 Å². The molecule has 3 saturated heterocycles. The molecule has 3 aliphatic heterocycles. The number of aliphatic hydroxyl groups is 2. The summed E-state index contributed by atoms with van der Waals surface area (Å²) in [5, 5.41) is 203. The Morgan fingerprint density at radius 1 is 0.226 bits per heavy atom. The molecule has 8 aromatic rings. The molecule has 13 rings (SSSR count). The van der Waals surface area contributed by atoms with Crippen LogP contribution in [-0.4, -0.2) is 236 Å². The molecule has 124 heavy (non-hydrogen) atoms. The maximum absolute atomic E-state index is 13.9. The second kappa shape index (κ2) is 43.9. The lowest BCUT2D eigenvalue weighted by Gasteiger charge is -2.32. The van der Waals surface area contributed by atoms with Crippen LogP contribution in [-0.2, 0) is 0 Å². The Kier molecular flexibility index (Phi) is 35.9. The molecule has 0 unspecified atom stereocenters. The molecule has 0 spiro atoms. The maximum atomic E-state index is 13.9. The normalized spacial score (nSPS) is 20.8. The summed E-state index contributed by atoms with van der Waals surface area (Å²) in [5.41, 5.74) is 8.75. The van der Waals surface area contributed by atoms with Crippen molar-refractivity contribution in [3.63, 3.8) is 0 Å². The van der Waals surface area contributed by atoms with E-state index in [4.69, 9.17) is 10.2 Å². The Morgan fingerprint density at radius 3 is 0.452 bits per heavy atom. The van der Waals surface area contributed by atoms with Crippen molar-refractivity contribution in [1.82, 2.24) is 19.6 Å². The topological polar surface area (TPSA) is 392 Å². The van der Waals surface area contributed by atoms with Gasteiger partial charge in [-0.15, -0.1) is 0 Å². The molecule has 0 amide bonds. The number of fused-ring (bicyclic) bond motifs is 16. The van der Waals surface area contributed by atoms with Gasteiger partial charge in [-0.3, -0.25) is 0 Å². The highest BCUT2D eigenvalue weighted by atomic mass is 16.3. The lowest BCUT2D eigenvalue weighted by molar-refractivity contribution is -0.994. The number of piperazine rings is 3. The molecule has 24 heteroatoms. The zero-order valence-corrected chi connectivity index (χ0v) is 78.1. The van der Waals surface area contributed by atoms with Crippen molar-refractivity contribution < 1.29 is 102 Å². The second-order valence-electron chi connectivity index (χ2n) is 34.8. The summed E-state index contributed by atoms with van der Waals surface area (Å²) in [7, 11) is 15.2. The first kappa shape index (κ1) is 101. The van der Waals surface area contributed by atoms with Crippen molar-refractivity contribution >= 4 is 0 Å². The van der Waals surface area contributed by atoms with Crippen molar-refractivity contribution in [3.05, 3.63) is 182 Å². The van der Waals surface area contributed by atoms with E-state index in [2.05, 4.69) is 61.9 Å². The summed E-state index contributed by atoms with van der Waals surface area (Å²) >= 11 is 0. The molecule has 8 aromatic carbocycles. The van der Waals surface area contributed by atoms with Gasteiger partial charge in [-0.1, -0.05) is 79.0 Å². The molecular formula is C100H146N6O18. The number of rotatable bonds is 8. The zero-order valence-electron chi connectivity index (χ0n) is 78.1. The summed E-state index contributed by atoms with van der Waals surface area (Å²) < 4.78 is 0. The van der Waals surface area contributed by atoms with E-state index < -0.39 is 47.3 Å². The minimum absolute atomic E-state index is 0.125. The molecule has 684 valence electrons. The van der Waals surface area contributed by atoms with Crippen molar-refractivity contribution in [2.75, 3.05) is 135 Å². The van der Waals surface area contributed by atoms with Gasteiger partial charge in [0.15, 0.2) is 0 Å². The molecule has 18 N–H and O–H groups in total. The number of hydrogen-bond acceptors (Lipinski definition) is 22. The minimum atomic E-state index is -0.627. The lowest BCUT2D eigenvalue weighted by Crippen LogP contribution is -3.25. The molecular weight excluding hydrogens is 1570 g/mol. The van der Waals surface area contributed by atoms with Gasteiger partial charge in [0.1, 0.15) is 107 Å². The average Bonchev–Trinajstić information content (AvgIpc) is 0.743. The average molecular weight is 1720 g/mol. The van der Waals surface area contributed by atoms with Gasteiger partial charge in [-0.25, -0.2) is 0 Å². The van der Waals surface area contributed by atoms with Crippen LogP contribution >= 0.6 is 0 Å². The maximum Gasteiger partial charge on any atom is 0.127 e. The van der Waals surface area contributed by atoms with Crippen molar-refractivity contribution in [1.29, 1.82) is 0 Å². The second-order valence-corrected chi connectivity index (χ2v) is 34.8. The highest BCUT2D eigenvalue weighted by Gasteiger charge is 2.38. The molecule has 24 nitrogen and oxygen atoms in total. The van der Waals surface area contributed by atoms with Crippen molar-refractivity contribution in [3.8, 4) is 92.0 Å². The summed E-state index contributed by atoms with van der Waals surface area (Å²) in [5.74, 6) is -7.44. The molecule has 16 bridgehead atoms. The Morgan fingerprint density at radius 2 is 0.331 bits per heavy atom. The molecule has 3 fully saturated rings. The van der Waals surface area contributed by atoms with Gasteiger partial charge in [0, 0.05) is 225 Å². The zero-order chi connectivity index (χ0) is 93.0. The molecule has 0 aromatic heterocycles. The first-order valence-corrected chi connectivity index (χ1v) is 44.3. The summed E-state index contributed by atoms with van der Waals surface area (Å²) in [4.78, 5) is 12.8.